The first-order valence-electron chi connectivity index (χ1n) is 9.46. The smallest absolute Gasteiger partial charge is 0.260 e. The van der Waals surface area contributed by atoms with Gasteiger partial charge in [-0.05, 0) is 64.1 Å². The molecule has 8 nitrogen and oxygen atoms in total. The molecule has 0 unspecified atom stereocenters. The molecule has 1 aliphatic heterocycles. The SMILES string of the molecule is CNS(=O)(=O)c1ccc2c(c1)CCN2C(=O)c1cc2cnn(C(C)C)c2nc1C. The van der Waals surface area contributed by atoms with Crippen LogP contribution in [-0.2, 0) is 16.4 Å². The highest BCUT2D eigenvalue weighted by Gasteiger charge is 2.28. The predicted octanol–water partition coefficient (Wildman–Crippen LogP) is 2.43. The van der Waals surface area contributed by atoms with Crippen molar-refractivity contribution >= 4 is 32.7 Å². The van der Waals surface area contributed by atoms with Gasteiger partial charge in [-0.15, -0.1) is 0 Å². The van der Waals surface area contributed by atoms with Crippen molar-refractivity contribution in [1.82, 2.24) is 19.5 Å². The van der Waals surface area contributed by atoms with Crippen molar-refractivity contribution in [3.8, 4) is 0 Å². The summed E-state index contributed by atoms with van der Waals surface area (Å²) in [5, 5.41) is 5.20. The van der Waals surface area contributed by atoms with Crippen LogP contribution in [0.15, 0.2) is 35.4 Å². The average molecular weight is 414 g/mol. The van der Waals surface area contributed by atoms with Gasteiger partial charge in [0, 0.05) is 23.7 Å². The fourth-order valence-electron chi connectivity index (χ4n) is 3.68. The molecule has 0 fully saturated rings. The van der Waals surface area contributed by atoms with E-state index in [-0.39, 0.29) is 16.8 Å². The number of nitrogens with zero attached hydrogens (tertiary/aromatic N) is 4. The molecule has 1 aliphatic rings. The molecule has 9 heteroatoms. The molecule has 0 saturated heterocycles. The van der Waals surface area contributed by atoms with Crippen molar-refractivity contribution in [1.29, 1.82) is 0 Å². The van der Waals surface area contributed by atoms with Crippen molar-refractivity contribution in [2.24, 2.45) is 0 Å². The van der Waals surface area contributed by atoms with Crippen molar-refractivity contribution in [3.05, 3.63) is 47.3 Å². The lowest BCUT2D eigenvalue weighted by molar-refractivity contribution is 0.0988. The highest BCUT2D eigenvalue weighted by atomic mass is 32.2. The van der Waals surface area contributed by atoms with Gasteiger partial charge in [0.15, 0.2) is 5.65 Å². The number of aromatic nitrogens is 3. The zero-order valence-corrected chi connectivity index (χ0v) is 17.6. The second-order valence-electron chi connectivity index (χ2n) is 7.42. The molecular formula is C20H23N5O3S. The molecule has 4 rings (SSSR count). The molecule has 1 amide bonds. The zero-order chi connectivity index (χ0) is 20.9. The molecule has 3 heterocycles. The second-order valence-corrected chi connectivity index (χ2v) is 9.31. The van der Waals surface area contributed by atoms with E-state index in [9.17, 15) is 13.2 Å². The van der Waals surface area contributed by atoms with Crippen LogP contribution in [-0.4, -0.2) is 42.7 Å². The molecule has 152 valence electrons. The van der Waals surface area contributed by atoms with Crippen LogP contribution < -0.4 is 9.62 Å². The Morgan fingerprint density at radius 2 is 2.00 bits per heavy atom. The highest BCUT2D eigenvalue weighted by Crippen LogP contribution is 2.32. The lowest BCUT2D eigenvalue weighted by atomic mass is 10.1. The molecule has 1 N–H and O–H groups in total. The Hall–Kier alpha value is -2.78. The minimum Gasteiger partial charge on any atom is -0.308 e. The van der Waals surface area contributed by atoms with E-state index < -0.39 is 10.0 Å². The maximum Gasteiger partial charge on any atom is 0.260 e. The largest absolute Gasteiger partial charge is 0.308 e. The van der Waals surface area contributed by atoms with Crippen LogP contribution in [0.25, 0.3) is 11.0 Å². The molecule has 1 aromatic carbocycles. The Morgan fingerprint density at radius 3 is 2.69 bits per heavy atom. The number of pyridine rings is 1. The molecular weight excluding hydrogens is 390 g/mol. The number of carbonyl (C=O) groups excluding carboxylic acids is 1. The summed E-state index contributed by atoms with van der Waals surface area (Å²) < 4.78 is 28.3. The van der Waals surface area contributed by atoms with E-state index in [0.29, 0.717) is 24.2 Å². The molecule has 29 heavy (non-hydrogen) atoms. The summed E-state index contributed by atoms with van der Waals surface area (Å²) in [6.07, 6.45) is 2.33. The van der Waals surface area contributed by atoms with Crippen LogP contribution >= 0.6 is 0 Å². The van der Waals surface area contributed by atoms with E-state index in [1.807, 2.05) is 31.5 Å². The molecule has 0 atom stereocenters. The number of anilines is 1. The number of aryl methyl sites for hydroxylation is 1. The standard InChI is InChI=1S/C20H23N5O3S/c1-12(2)25-19-15(11-22-25)10-17(13(3)23-19)20(26)24-8-7-14-9-16(5-6-18(14)24)29(27,28)21-4/h5-6,9-12,21H,7-8H2,1-4H3. The number of sulfonamides is 1. The summed E-state index contributed by atoms with van der Waals surface area (Å²) in [6.45, 7) is 6.39. The number of amides is 1. The zero-order valence-electron chi connectivity index (χ0n) is 16.8. The van der Waals surface area contributed by atoms with Crippen LogP contribution in [0.4, 0.5) is 5.69 Å². The van der Waals surface area contributed by atoms with E-state index in [1.54, 1.807) is 23.2 Å². The van der Waals surface area contributed by atoms with Crippen LogP contribution in [0.2, 0.25) is 0 Å². The monoisotopic (exact) mass is 413 g/mol. The van der Waals surface area contributed by atoms with Gasteiger partial charge in [-0.1, -0.05) is 0 Å². The van der Waals surface area contributed by atoms with Gasteiger partial charge in [-0.3, -0.25) is 4.79 Å². The Balaban J connectivity index is 1.71. The Kier molecular flexibility index (Phi) is 4.66. The quantitative estimate of drug-likeness (QED) is 0.709. The molecule has 0 aliphatic carbocycles. The van der Waals surface area contributed by atoms with E-state index in [2.05, 4.69) is 14.8 Å². The number of carbonyl (C=O) groups is 1. The number of hydrogen-bond acceptors (Lipinski definition) is 5. The average Bonchev–Trinajstić information content (AvgIpc) is 3.30. The van der Waals surface area contributed by atoms with Crippen LogP contribution in [0.5, 0.6) is 0 Å². The number of benzene rings is 1. The van der Waals surface area contributed by atoms with Crippen molar-refractivity contribution < 1.29 is 13.2 Å². The molecule has 0 spiro atoms. The van der Waals surface area contributed by atoms with E-state index in [0.717, 1.165) is 22.3 Å². The Bertz CT molecular complexity index is 1230. The first kappa shape index (κ1) is 19.5. The number of fused-ring (bicyclic) bond motifs is 2. The topological polar surface area (TPSA) is 97.2 Å². The van der Waals surface area contributed by atoms with Crippen LogP contribution in [0.3, 0.4) is 0 Å². The number of nitrogens with one attached hydrogen (secondary N) is 1. The van der Waals surface area contributed by atoms with Gasteiger partial charge in [0.25, 0.3) is 5.91 Å². The van der Waals surface area contributed by atoms with Gasteiger partial charge in [-0.25, -0.2) is 22.8 Å². The van der Waals surface area contributed by atoms with E-state index in [1.165, 1.54) is 13.1 Å². The van der Waals surface area contributed by atoms with Crippen molar-refractivity contribution in [3.63, 3.8) is 0 Å². The van der Waals surface area contributed by atoms with E-state index in [4.69, 9.17) is 0 Å². The maximum absolute atomic E-state index is 13.3. The second kappa shape index (κ2) is 6.93. The molecule has 0 radical (unpaired) electrons. The molecule has 0 saturated carbocycles. The van der Waals surface area contributed by atoms with Gasteiger partial charge >= 0.3 is 0 Å². The summed E-state index contributed by atoms with van der Waals surface area (Å²) in [6, 6.07) is 6.87. The number of hydrogen-bond donors (Lipinski definition) is 1. The third kappa shape index (κ3) is 3.20. The lowest BCUT2D eigenvalue weighted by Crippen LogP contribution is -2.29. The van der Waals surface area contributed by atoms with Crippen LogP contribution in [0.1, 0.15) is 41.5 Å². The predicted molar refractivity (Wildman–Crippen MR) is 111 cm³/mol. The summed E-state index contributed by atoms with van der Waals surface area (Å²) in [5.74, 6) is -0.142. The van der Waals surface area contributed by atoms with Gasteiger partial charge < -0.3 is 4.90 Å². The van der Waals surface area contributed by atoms with Gasteiger partial charge in [0.05, 0.1) is 22.3 Å². The fraction of sp³-hybridized carbons (Fsp3) is 0.350. The first-order valence-corrected chi connectivity index (χ1v) is 10.9. The highest BCUT2D eigenvalue weighted by molar-refractivity contribution is 7.89. The number of rotatable bonds is 4. The lowest BCUT2D eigenvalue weighted by Gasteiger charge is -2.19. The third-order valence-corrected chi connectivity index (χ3v) is 6.66. The summed E-state index contributed by atoms with van der Waals surface area (Å²) in [4.78, 5) is 19.8. The van der Waals surface area contributed by atoms with Crippen molar-refractivity contribution in [2.45, 2.75) is 38.1 Å². The minimum atomic E-state index is -3.52. The third-order valence-electron chi connectivity index (χ3n) is 5.25. The summed E-state index contributed by atoms with van der Waals surface area (Å²) >= 11 is 0. The van der Waals surface area contributed by atoms with Gasteiger partial charge in [0.1, 0.15) is 0 Å². The van der Waals surface area contributed by atoms with E-state index >= 15 is 0 Å². The molecule has 2 aromatic heterocycles. The Morgan fingerprint density at radius 1 is 1.24 bits per heavy atom. The fourth-order valence-corrected chi connectivity index (χ4v) is 4.46. The first-order chi connectivity index (χ1) is 13.7. The maximum atomic E-state index is 13.3. The molecule has 3 aromatic rings. The van der Waals surface area contributed by atoms with Gasteiger partial charge in [-0.2, -0.15) is 5.10 Å². The normalized spacial score (nSPS) is 14.0. The van der Waals surface area contributed by atoms with Gasteiger partial charge in [0.2, 0.25) is 10.0 Å². The summed E-state index contributed by atoms with van der Waals surface area (Å²) in [5.41, 5.74) is 3.52. The van der Waals surface area contributed by atoms with Crippen LogP contribution in [0, 0.1) is 6.92 Å². The minimum absolute atomic E-state index is 0.142. The summed E-state index contributed by atoms with van der Waals surface area (Å²) in [7, 11) is -2.14. The van der Waals surface area contributed by atoms with Crippen molar-refractivity contribution in [2.75, 3.05) is 18.5 Å². The Labute approximate surface area is 169 Å². The molecule has 0 bridgehead atoms.